The fourth-order valence-electron chi connectivity index (χ4n) is 1.38. The fourth-order valence-corrected chi connectivity index (χ4v) is 1.38. The van der Waals surface area contributed by atoms with Gasteiger partial charge in [-0.2, -0.15) is 0 Å². The first-order valence-electron chi connectivity index (χ1n) is 6.20. The highest BCUT2D eigenvalue weighted by molar-refractivity contribution is 5.78. The van der Waals surface area contributed by atoms with E-state index in [1.54, 1.807) is 0 Å². The average molecular weight is 229 g/mol. The third-order valence-electron chi connectivity index (χ3n) is 2.83. The van der Waals surface area contributed by atoms with E-state index in [1.807, 2.05) is 11.9 Å². The first-order chi connectivity index (χ1) is 7.51. The van der Waals surface area contributed by atoms with E-state index >= 15 is 0 Å². The molecule has 1 atom stereocenters. The molecule has 0 heterocycles. The molecule has 0 aliphatic carbocycles. The lowest BCUT2D eigenvalue weighted by Gasteiger charge is -2.22. The van der Waals surface area contributed by atoms with Crippen LogP contribution in [0.15, 0.2) is 0 Å². The molecule has 3 N–H and O–H groups in total. The normalized spacial score (nSPS) is 13.2. The van der Waals surface area contributed by atoms with Crippen molar-refractivity contribution in [3.8, 4) is 0 Å². The number of amides is 1. The zero-order valence-electron chi connectivity index (χ0n) is 11.1. The summed E-state index contributed by atoms with van der Waals surface area (Å²) < 4.78 is 0. The summed E-state index contributed by atoms with van der Waals surface area (Å²) in [6.07, 6.45) is 3.23. The van der Waals surface area contributed by atoms with Crippen molar-refractivity contribution in [2.45, 2.75) is 52.1 Å². The molecule has 0 spiro atoms. The summed E-state index contributed by atoms with van der Waals surface area (Å²) in [5, 5.41) is 2.98. The molecule has 0 aliphatic heterocycles. The van der Waals surface area contributed by atoms with Crippen LogP contribution in [0.25, 0.3) is 0 Å². The molecule has 0 aromatic heterocycles. The van der Waals surface area contributed by atoms with Gasteiger partial charge >= 0.3 is 0 Å². The quantitative estimate of drug-likeness (QED) is 0.652. The molecule has 4 nitrogen and oxygen atoms in total. The molecule has 0 radical (unpaired) electrons. The number of likely N-dealkylation sites (N-methyl/N-ethyl adjacent to an activating group) is 1. The molecule has 0 aromatic rings. The van der Waals surface area contributed by atoms with Gasteiger partial charge in [-0.15, -0.1) is 0 Å². The van der Waals surface area contributed by atoms with Gasteiger partial charge in [0.2, 0.25) is 5.91 Å². The fraction of sp³-hybridized carbons (Fsp3) is 0.917. The van der Waals surface area contributed by atoms with Gasteiger partial charge in [-0.25, -0.2) is 0 Å². The Kier molecular flexibility index (Phi) is 8.21. The lowest BCUT2D eigenvalue weighted by atomic mass is 10.1. The number of carbonyl (C=O) groups excluding carboxylic acids is 1. The highest BCUT2D eigenvalue weighted by atomic mass is 16.2. The maximum Gasteiger partial charge on any atom is 0.234 e. The van der Waals surface area contributed by atoms with Crippen molar-refractivity contribution < 1.29 is 4.79 Å². The Bertz CT molecular complexity index is 195. The van der Waals surface area contributed by atoms with Crippen LogP contribution in [-0.4, -0.2) is 43.0 Å². The molecule has 0 bridgehead atoms. The Labute approximate surface area is 99.6 Å². The number of nitrogens with one attached hydrogen (secondary N) is 1. The van der Waals surface area contributed by atoms with Gasteiger partial charge in [0, 0.05) is 18.6 Å². The molecular formula is C12H27N3O. The van der Waals surface area contributed by atoms with Gasteiger partial charge in [0.05, 0.1) is 6.54 Å². The second kappa shape index (κ2) is 8.53. The predicted octanol–water partition coefficient (Wildman–Crippen LogP) is 0.960. The van der Waals surface area contributed by atoms with Crippen molar-refractivity contribution >= 4 is 5.91 Å². The maximum absolute atomic E-state index is 11.7. The highest BCUT2D eigenvalue weighted by Gasteiger charge is 2.13. The number of hydrogen-bond acceptors (Lipinski definition) is 3. The van der Waals surface area contributed by atoms with Crippen molar-refractivity contribution in [2.75, 3.05) is 20.1 Å². The Morgan fingerprint density at radius 3 is 2.50 bits per heavy atom. The molecular weight excluding hydrogens is 202 g/mol. The van der Waals surface area contributed by atoms with E-state index in [-0.39, 0.29) is 11.9 Å². The predicted molar refractivity (Wildman–Crippen MR) is 68.3 cm³/mol. The summed E-state index contributed by atoms with van der Waals surface area (Å²) in [5.41, 5.74) is 5.62. The lowest BCUT2D eigenvalue weighted by Crippen LogP contribution is -2.45. The van der Waals surface area contributed by atoms with Crippen LogP contribution in [-0.2, 0) is 4.79 Å². The third kappa shape index (κ3) is 6.80. The maximum atomic E-state index is 11.7. The Morgan fingerprint density at radius 2 is 2.06 bits per heavy atom. The van der Waals surface area contributed by atoms with Crippen LogP contribution < -0.4 is 11.1 Å². The number of nitrogens with zero attached hydrogens (tertiary/aromatic N) is 1. The molecule has 0 fully saturated rings. The molecule has 4 heteroatoms. The van der Waals surface area contributed by atoms with Crippen molar-refractivity contribution in [1.82, 2.24) is 10.2 Å². The second-order valence-electron chi connectivity index (χ2n) is 4.65. The molecule has 0 saturated heterocycles. The number of hydrogen-bond donors (Lipinski definition) is 2. The smallest absolute Gasteiger partial charge is 0.234 e. The highest BCUT2D eigenvalue weighted by Crippen LogP contribution is 1.99. The van der Waals surface area contributed by atoms with Crippen LogP contribution in [0.5, 0.6) is 0 Å². The second-order valence-corrected chi connectivity index (χ2v) is 4.65. The molecule has 16 heavy (non-hydrogen) atoms. The van der Waals surface area contributed by atoms with Crippen molar-refractivity contribution in [3.63, 3.8) is 0 Å². The van der Waals surface area contributed by atoms with Crippen LogP contribution in [0.4, 0.5) is 0 Å². The molecule has 0 aliphatic rings. The van der Waals surface area contributed by atoms with Crippen molar-refractivity contribution in [3.05, 3.63) is 0 Å². The zero-order valence-corrected chi connectivity index (χ0v) is 11.1. The summed E-state index contributed by atoms with van der Waals surface area (Å²) in [4.78, 5) is 13.7. The van der Waals surface area contributed by atoms with E-state index in [4.69, 9.17) is 5.73 Å². The monoisotopic (exact) mass is 229 g/mol. The van der Waals surface area contributed by atoms with Crippen LogP contribution in [0, 0.1) is 0 Å². The molecule has 0 aromatic carbocycles. The minimum atomic E-state index is 0.0720. The number of unbranched alkanes of at least 4 members (excludes halogenated alkanes) is 1. The Hall–Kier alpha value is -0.610. The third-order valence-corrected chi connectivity index (χ3v) is 2.83. The number of carbonyl (C=O) groups is 1. The van der Waals surface area contributed by atoms with Gasteiger partial charge in [0.1, 0.15) is 0 Å². The number of rotatable bonds is 8. The van der Waals surface area contributed by atoms with E-state index < -0.39 is 0 Å². The van der Waals surface area contributed by atoms with Gasteiger partial charge in [-0.05, 0) is 27.3 Å². The van der Waals surface area contributed by atoms with Crippen molar-refractivity contribution in [2.24, 2.45) is 5.73 Å². The standard InChI is InChI=1S/C12H27N3O/c1-5-6-7-11(8-13)14-12(16)9-15(4)10(2)3/h10-11H,5-9,13H2,1-4H3,(H,14,16). The minimum Gasteiger partial charge on any atom is -0.351 e. The van der Waals surface area contributed by atoms with Gasteiger partial charge in [0.25, 0.3) is 0 Å². The molecule has 1 unspecified atom stereocenters. The van der Waals surface area contributed by atoms with E-state index in [0.29, 0.717) is 19.1 Å². The van der Waals surface area contributed by atoms with E-state index in [0.717, 1.165) is 19.3 Å². The summed E-state index contributed by atoms with van der Waals surface area (Å²) in [5.74, 6) is 0.0720. The van der Waals surface area contributed by atoms with Crippen LogP contribution in [0.3, 0.4) is 0 Å². The Balaban J connectivity index is 3.91. The topological polar surface area (TPSA) is 58.4 Å². The van der Waals surface area contributed by atoms with Crippen LogP contribution >= 0.6 is 0 Å². The van der Waals surface area contributed by atoms with Gasteiger partial charge in [0.15, 0.2) is 0 Å². The van der Waals surface area contributed by atoms with Crippen LogP contribution in [0.1, 0.15) is 40.0 Å². The average Bonchev–Trinajstić information content (AvgIpc) is 2.23. The van der Waals surface area contributed by atoms with Crippen LogP contribution in [0.2, 0.25) is 0 Å². The number of nitrogens with two attached hydrogens (primary N) is 1. The molecule has 1 amide bonds. The first kappa shape index (κ1) is 15.4. The van der Waals surface area contributed by atoms with E-state index in [2.05, 4.69) is 26.1 Å². The molecule has 0 saturated carbocycles. The van der Waals surface area contributed by atoms with Gasteiger partial charge < -0.3 is 11.1 Å². The summed E-state index contributed by atoms with van der Waals surface area (Å²) in [7, 11) is 1.95. The summed E-state index contributed by atoms with van der Waals surface area (Å²) in [6, 6.07) is 0.519. The SMILES string of the molecule is CCCCC(CN)NC(=O)CN(C)C(C)C. The van der Waals surface area contributed by atoms with E-state index in [9.17, 15) is 4.79 Å². The minimum absolute atomic E-state index is 0.0720. The summed E-state index contributed by atoms with van der Waals surface area (Å²) >= 11 is 0. The summed E-state index contributed by atoms with van der Waals surface area (Å²) in [6.45, 7) is 7.26. The van der Waals surface area contributed by atoms with Gasteiger partial charge in [-0.3, -0.25) is 9.69 Å². The Morgan fingerprint density at radius 1 is 1.44 bits per heavy atom. The lowest BCUT2D eigenvalue weighted by molar-refractivity contribution is -0.123. The zero-order chi connectivity index (χ0) is 12.6. The van der Waals surface area contributed by atoms with Gasteiger partial charge in [-0.1, -0.05) is 19.8 Å². The molecule has 96 valence electrons. The largest absolute Gasteiger partial charge is 0.351 e. The van der Waals surface area contributed by atoms with Crippen molar-refractivity contribution in [1.29, 1.82) is 0 Å². The first-order valence-corrected chi connectivity index (χ1v) is 6.20. The molecule has 0 rings (SSSR count). The van der Waals surface area contributed by atoms with E-state index in [1.165, 1.54) is 0 Å².